The molecule has 0 bridgehead atoms. The predicted octanol–water partition coefficient (Wildman–Crippen LogP) is 2.88. The number of phenolic OH excluding ortho intramolecular Hbond substituents is 1. The minimum absolute atomic E-state index is 0.158. The van der Waals surface area contributed by atoms with E-state index in [1.54, 1.807) is 6.07 Å². The first-order valence-electron chi connectivity index (χ1n) is 3.47. The summed E-state index contributed by atoms with van der Waals surface area (Å²) in [5, 5.41) is 19.0. The van der Waals surface area contributed by atoms with E-state index in [4.69, 9.17) is 34.8 Å². The molecule has 1 aromatic carbocycles. The molecule has 2 N–H and O–H groups in total. The van der Waals surface area contributed by atoms with Gasteiger partial charge in [-0.2, -0.15) is 0 Å². The molecule has 0 saturated heterocycles. The Bertz CT molecular complexity index is 301. The number of alkyl halides is 2. The first kappa shape index (κ1) is 10.9. The molecule has 2 nitrogen and oxygen atoms in total. The monoisotopic (exact) mass is 240 g/mol. The van der Waals surface area contributed by atoms with Gasteiger partial charge in [-0.3, -0.25) is 0 Å². The third kappa shape index (κ3) is 2.41. The summed E-state index contributed by atoms with van der Waals surface area (Å²) in [4.78, 5) is -0.996. The van der Waals surface area contributed by atoms with E-state index in [1.807, 2.05) is 0 Å². The van der Waals surface area contributed by atoms with Gasteiger partial charge in [0, 0.05) is 5.56 Å². The highest BCUT2D eigenvalue weighted by molar-refractivity contribution is 6.44. The highest BCUT2D eigenvalue weighted by atomic mass is 35.5. The van der Waals surface area contributed by atoms with Crippen molar-refractivity contribution in [1.29, 1.82) is 0 Å². The van der Waals surface area contributed by atoms with Gasteiger partial charge in [-0.15, -0.1) is 23.2 Å². The van der Waals surface area contributed by atoms with Gasteiger partial charge >= 0.3 is 0 Å². The molecule has 5 heteroatoms. The summed E-state index contributed by atoms with van der Waals surface area (Å²) in [6, 6.07) is 4.60. The Hall–Kier alpha value is -0.150. The van der Waals surface area contributed by atoms with E-state index >= 15 is 0 Å². The minimum Gasteiger partial charge on any atom is -0.506 e. The normalized spacial score (nSPS) is 13.3. The lowest BCUT2D eigenvalue weighted by Crippen LogP contribution is -2.06. The Kier molecular flexibility index (Phi) is 3.68. The zero-order chi connectivity index (χ0) is 10.0. The van der Waals surface area contributed by atoms with Gasteiger partial charge in [0.2, 0.25) is 0 Å². The molecule has 13 heavy (non-hydrogen) atoms. The van der Waals surface area contributed by atoms with E-state index < -0.39 is 10.9 Å². The second-order valence-electron chi connectivity index (χ2n) is 2.46. The van der Waals surface area contributed by atoms with E-state index in [0.717, 1.165) is 0 Å². The molecule has 1 aromatic rings. The second kappa shape index (κ2) is 4.38. The number of aliphatic hydroxyl groups excluding tert-OH is 1. The fraction of sp³-hybridized carbons (Fsp3) is 0.250. The molecule has 0 aliphatic rings. The van der Waals surface area contributed by atoms with Crippen LogP contribution in [0, 0.1) is 0 Å². The maximum absolute atomic E-state index is 9.42. The van der Waals surface area contributed by atoms with Crippen LogP contribution in [-0.2, 0) is 0 Å². The van der Waals surface area contributed by atoms with E-state index in [1.165, 1.54) is 12.1 Å². The minimum atomic E-state index is -1.14. The number of hydrogen-bond donors (Lipinski definition) is 2. The van der Waals surface area contributed by atoms with Crippen molar-refractivity contribution < 1.29 is 10.2 Å². The summed E-state index contributed by atoms with van der Waals surface area (Å²) < 4.78 is 0. The molecule has 1 rings (SSSR count). The maximum atomic E-state index is 9.42. The van der Waals surface area contributed by atoms with Gasteiger partial charge in [0.15, 0.2) is 0 Å². The molecule has 0 aromatic heterocycles. The summed E-state index contributed by atoms with van der Waals surface area (Å²) in [6.45, 7) is 0. The molecule has 0 radical (unpaired) electrons. The average molecular weight is 242 g/mol. The van der Waals surface area contributed by atoms with Crippen molar-refractivity contribution in [1.82, 2.24) is 0 Å². The lowest BCUT2D eigenvalue weighted by molar-refractivity contribution is 0.188. The van der Waals surface area contributed by atoms with Crippen molar-refractivity contribution in [2.75, 3.05) is 0 Å². The Balaban J connectivity index is 3.07. The van der Waals surface area contributed by atoms with Crippen LogP contribution in [0.4, 0.5) is 0 Å². The standard InChI is InChI=1S/C8H7Cl3O2/c9-5-3-1-2-4(6(5)12)7(13)8(10)11/h1-3,7-8,12-13H. The van der Waals surface area contributed by atoms with Crippen molar-refractivity contribution in [3.8, 4) is 5.75 Å². The van der Waals surface area contributed by atoms with Crippen LogP contribution in [0.1, 0.15) is 11.7 Å². The quantitative estimate of drug-likeness (QED) is 0.782. The molecule has 1 unspecified atom stereocenters. The number of hydrogen-bond acceptors (Lipinski definition) is 2. The molecular weight excluding hydrogens is 234 g/mol. The van der Waals surface area contributed by atoms with Crippen molar-refractivity contribution in [3.63, 3.8) is 0 Å². The summed E-state index contributed by atoms with van der Waals surface area (Å²) >= 11 is 16.5. The van der Waals surface area contributed by atoms with Crippen LogP contribution >= 0.6 is 34.8 Å². The summed E-state index contributed by atoms with van der Waals surface area (Å²) in [6.07, 6.45) is -1.14. The molecule has 0 aliphatic carbocycles. The van der Waals surface area contributed by atoms with Gasteiger partial charge in [-0.25, -0.2) is 0 Å². The largest absolute Gasteiger partial charge is 0.506 e. The van der Waals surface area contributed by atoms with E-state index in [0.29, 0.717) is 0 Å². The molecule has 0 spiro atoms. The number of halogens is 3. The third-order valence-corrected chi connectivity index (χ3v) is 2.36. The van der Waals surface area contributed by atoms with Crippen molar-refractivity contribution in [2.24, 2.45) is 0 Å². The van der Waals surface area contributed by atoms with Crippen LogP contribution in [0.15, 0.2) is 18.2 Å². The van der Waals surface area contributed by atoms with Gasteiger partial charge in [0.05, 0.1) is 5.02 Å². The molecule has 0 saturated carbocycles. The average Bonchev–Trinajstić information content (AvgIpc) is 2.08. The van der Waals surface area contributed by atoms with Crippen molar-refractivity contribution in [3.05, 3.63) is 28.8 Å². The lowest BCUT2D eigenvalue weighted by Gasteiger charge is -2.13. The zero-order valence-corrected chi connectivity index (χ0v) is 8.68. The van der Waals surface area contributed by atoms with Crippen molar-refractivity contribution >= 4 is 34.8 Å². The number of aliphatic hydroxyl groups is 1. The summed E-state index contributed by atoms with van der Waals surface area (Å²) in [7, 11) is 0. The van der Waals surface area contributed by atoms with E-state index in [9.17, 15) is 10.2 Å². The zero-order valence-electron chi connectivity index (χ0n) is 6.42. The number of aromatic hydroxyl groups is 1. The van der Waals surface area contributed by atoms with Crippen LogP contribution < -0.4 is 0 Å². The van der Waals surface area contributed by atoms with Gasteiger partial charge in [-0.05, 0) is 6.07 Å². The molecule has 1 atom stereocenters. The number of rotatable bonds is 2. The summed E-state index contributed by atoms with van der Waals surface area (Å²) in [5.74, 6) is -0.192. The SMILES string of the molecule is Oc1c(Cl)cccc1C(O)C(Cl)Cl. The fourth-order valence-electron chi connectivity index (χ4n) is 0.906. The summed E-state index contributed by atoms with van der Waals surface area (Å²) in [5.41, 5.74) is 0.225. The molecule has 0 fully saturated rings. The first-order chi connectivity index (χ1) is 6.04. The number of benzene rings is 1. The topological polar surface area (TPSA) is 40.5 Å². The Morgan fingerprint density at radius 3 is 2.38 bits per heavy atom. The van der Waals surface area contributed by atoms with Crippen LogP contribution in [0.2, 0.25) is 5.02 Å². The van der Waals surface area contributed by atoms with Crippen LogP contribution in [0.25, 0.3) is 0 Å². The van der Waals surface area contributed by atoms with E-state index in [2.05, 4.69) is 0 Å². The van der Waals surface area contributed by atoms with Crippen LogP contribution in [0.5, 0.6) is 5.75 Å². The highest BCUT2D eigenvalue weighted by Crippen LogP contribution is 2.34. The Labute approximate surface area is 90.7 Å². The highest BCUT2D eigenvalue weighted by Gasteiger charge is 2.20. The molecule has 0 heterocycles. The molecule has 72 valence electrons. The second-order valence-corrected chi connectivity index (χ2v) is 4.03. The molecular formula is C8H7Cl3O2. The molecule has 0 aliphatic heterocycles. The van der Waals surface area contributed by atoms with Gasteiger partial charge < -0.3 is 10.2 Å². The number of phenols is 1. The van der Waals surface area contributed by atoms with E-state index in [-0.39, 0.29) is 16.3 Å². The van der Waals surface area contributed by atoms with Gasteiger partial charge in [0.25, 0.3) is 0 Å². The lowest BCUT2D eigenvalue weighted by atomic mass is 10.1. The Morgan fingerprint density at radius 2 is 1.85 bits per heavy atom. The van der Waals surface area contributed by atoms with Crippen molar-refractivity contribution in [2.45, 2.75) is 10.9 Å². The van der Waals surface area contributed by atoms with Crippen LogP contribution in [0.3, 0.4) is 0 Å². The van der Waals surface area contributed by atoms with Crippen LogP contribution in [-0.4, -0.2) is 15.0 Å². The predicted molar refractivity (Wildman–Crippen MR) is 53.6 cm³/mol. The maximum Gasteiger partial charge on any atom is 0.140 e. The Morgan fingerprint density at radius 1 is 1.23 bits per heavy atom. The fourth-order valence-corrected chi connectivity index (χ4v) is 1.36. The van der Waals surface area contributed by atoms with Gasteiger partial charge in [0.1, 0.15) is 16.7 Å². The van der Waals surface area contributed by atoms with Gasteiger partial charge in [-0.1, -0.05) is 23.7 Å². The smallest absolute Gasteiger partial charge is 0.140 e. The number of para-hydroxylation sites is 1. The first-order valence-corrected chi connectivity index (χ1v) is 4.72. The third-order valence-electron chi connectivity index (χ3n) is 1.58. The molecule has 0 amide bonds.